The maximum atomic E-state index is 9.21. The molecule has 1 aliphatic carbocycles. The Bertz CT molecular complexity index is 342. The molecule has 3 heteroatoms. The molecule has 0 unspecified atom stereocenters. The first kappa shape index (κ1) is 13.4. The number of hydrogen-bond donors (Lipinski definition) is 2. The van der Waals surface area contributed by atoms with Gasteiger partial charge in [-0.15, -0.1) is 0 Å². The van der Waals surface area contributed by atoms with Crippen LogP contribution in [0.15, 0.2) is 24.3 Å². The normalized spacial score (nSPS) is 24.1. The second kappa shape index (κ2) is 6.76. The second-order valence-electron chi connectivity index (χ2n) is 5.01. The number of aromatic hydroxyl groups is 1. The van der Waals surface area contributed by atoms with Crippen molar-refractivity contribution in [3.8, 4) is 5.75 Å². The third-order valence-corrected chi connectivity index (χ3v) is 3.59. The zero-order chi connectivity index (χ0) is 12.8. The van der Waals surface area contributed by atoms with Crippen LogP contribution in [0.5, 0.6) is 5.75 Å². The van der Waals surface area contributed by atoms with Crippen LogP contribution in [0.2, 0.25) is 0 Å². The molecule has 2 rings (SSSR count). The van der Waals surface area contributed by atoms with Gasteiger partial charge in [-0.2, -0.15) is 0 Å². The van der Waals surface area contributed by atoms with Crippen LogP contribution >= 0.6 is 0 Å². The topological polar surface area (TPSA) is 41.5 Å². The maximum absolute atomic E-state index is 9.21. The lowest BCUT2D eigenvalue weighted by Gasteiger charge is -2.29. The van der Waals surface area contributed by atoms with Gasteiger partial charge in [-0.05, 0) is 49.9 Å². The molecule has 2 N–H and O–H groups in total. The molecule has 0 heterocycles. The summed E-state index contributed by atoms with van der Waals surface area (Å²) >= 11 is 0. The first-order valence-corrected chi connectivity index (χ1v) is 6.91. The Morgan fingerprint density at radius 2 is 1.83 bits per heavy atom. The summed E-state index contributed by atoms with van der Waals surface area (Å²) in [5.74, 6) is 0.310. The quantitative estimate of drug-likeness (QED) is 0.843. The van der Waals surface area contributed by atoms with E-state index in [1.165, 1.54) is 12.8 Å². The van der Waals surface area contributed by atoms with E-state index in [0.717, 1.165) is 24.9 Å². The molecule has 1 aliphatic rings. The van der Waals surface area contributed by atoms with Gasteiger partial charge in [0, 0.05) is 6.04 Å². The molecule has 1 fully saturated rings. The lowest BCUT2D eigenvalue weighted by molar-refractivity contribution is 0.0114. The Balaban J connectivity index is 1.70. The smallest absolute Gasteiger partial charge is 0.115 e. The Morgan fingerprint density at radius 1 is 1.17 bits per heavy atom. The van der Waals surface area contributed by atoms with Gasteiger partial charge in [0.05, 0.1) is 12.7 Å². The van der Waals surface area contributed by atoms with E-state index in [0.29, 0.717) is 24.5 Å². The molecular formula is C15H23NO2. The van der Waals surface area contributed by atoms with Crippen molar-refractivity contribution in [3.05, 3.63) is 29.8 Å². The number of hydrogen-bond acceptors (Lipinski definition) is 3. The van der Waals surface area contributed by atoms with Crippen molar-refractivity contribution in [1.82, 2.24) is 5.32 Å². The standard InChI is InChI=1S/C15H23NO2/c1-2-16-13-5-9-15(10-6-13)18-11-12-3-7-14(17)8-4-12/h3-4,7-8,13,15-17H,2,5-6,9-11H2,1H3. The first-order valence-electron chi connectivity index (χ1n) is 6.91. The van der Waals surface area contributed by atoms with E-state index >= 15 is 0 Å². The minimum atomic E-state index is 0.310. The molecule has 0 spiro atoms. The van der Waals surface area contributed by atoms with Crippen LogP contribution in [0.1, 0.15) is 38.2 Å². The fourth-order valence-corrected chi connectivity index (χ4v) is 2.53. The first-order chi connectivity index (χ1) is 8.78. The van der Waals surface area contributed by atoms with Crippen molar-refractivity contribution in [1.29, 1.82) is 0 Å². The summed E-state index contributed by atoms with van der Waals surface area (Å²) in [7, 11) is 0. The van der Waals surface area contributed by atoms with Gasteiger partial charge >= 0.3 is 0 Å². The number of ether oxygens (including phenoxy) is 1. The summed E-state index contributed by atoms with van der Waals surface area (Å²) in [4.78, 5) is 0. The van der Waals surface area contributed by atoms with E-state index in [1.54, 1.807) is 12.1 Å². The number of benzene rings is 1. The average molecular weight is 249 g/mol. The van der Waals surface area contributed by atoms with Crippen molar-refractivity contribution in [2.24, 2.45) is 0 Å². The van der Waals surface area contributed by atoms with Crippen molar-refractivity contribution in [3.63, 3.8) is 0 Å². The molecule has 3 nitrogen and oxygen atoms in total. The highest BCUT2D eigenvalue weighted by molar-refractivity contribution is 5.25. The van der Waals surface area contributed by atoms with Gasteiger partial charge in [0.1, 0.15) is 5.75 Å². The minimum absolute atomic E-state index is 0.310. The SMILES string of the molecule is CCNC1CCC(OCc2ccc(O)cc2)CC1. The summed E-state index contributed by atoms with van der Waals surface area (Å²) in [6.45, 7) is 3.87. The van der Waals surface area contributed by atoms with Gasteiger partial charge in [0.15, 0.2) is 0 Å². The van der Waals surface area contributed by atoms with E-state index < -0.39 is 0 Å². The van der Waals surface area contributed by atoms with E-state index in [-0.39, 0.29) is 0 Å². The molecule has 0 radical (unpaired) electrons. The predicted octanol–water partition coefficient (Wildman–Crippen LogP) is 2.83. The van der Waals surface area contributed by atoms with Gasteiger partial charge in [0.25, 0.3) is 0 Å². The third kappa shape index (κ3) is 4.00. The van der Waals surface area contributed by atoms with Gasteiger partial charge in [-0.3, -0.25) is 0 Å². The lowest BCUT2D eigenvalue weighted by Crippen LogP contribution is -2.35. The molecule has 0 amide bonds. The van der Waals surface area contributed by atoms with Crippen LogP contribution in [0.3, 0.4) is 0 Å². The number of nitrogens with one attached hydrogen (secondary N) is 1. The van der Waals surface area contributed by atoms with E-state index in [9.17, 15) is 5.11 Å². The van der Waals surface area contributed by atoms with E-state index in [2.05, 4.69) is 12.2 Å². The number of rotatable bonds is 5. The van der Waals surface area contributed by atoms with Crippen molar-refractivity contribution in [2.45, 2.75) is 51.4 Å². The van der Waals surface area contributed by atoms with Crippen LogP contribution in [0, 0.1) is 0 Å². The summed E-state index contributed by atoms with van der Waals surface area (Å²) in [5, 5.41) is 12.7. The fourth-order valence-electron chi connectivity index (χ4n) is 2.53. The number of phenols is 1. The molecule has 0 aromatic heterocycles. The van der Waals surface area contributed by atoms with Crippen molar-refractivity contribution < 1.29 is 9.84 Å². The summed E-state index contributed by atoms with van der Waals surface area (Å²) in [6.07, 6.45) is 5.13. The van der Waals surface area contributed by atoms with Gasteiger partial charge in [0.2, 0.25) is 0 Å². The highest BCUT2D eigenvalue weighted by Crippen LogP contribution is 2.22. The lowest BCUT2D eigenvalue weighted by atomic mass is 9.93. The molecule has 18 heavy (non-hydrogen) atoms. The summed E-state index contributed by atoms with van der Waals surface area (Å²) in [5.41, 5.74) is 1.13. The predicted molar refractivity (Wildman–Crippen MR) is 72.6 cm³/mol. The molecular weight excluding hydrogens is 226 g/mol. The van der Waals surface area contributed by atoms with Gasteiger partial charge in [-0.1, -0.05) is 19.1 Å². The van der Waals surface area contributed by atoms with Crippen LogP contribution < -0.4 is 5.32 Å². The largest absolute Gasteiger partial charge is 0.508 e. The highest BCUT2D eigenvalue weighted by atomic mass is 16.5. The number of phenolic OH excluding ortho intramolecular Hbond substituents is 1. The summed E-state index contributed by atoms with van der Waals surface area (Å²) < 4.78 is 5.93. The zero-order valence-corrected chi connectivity index (χ0v) is 11.1. The maximum Gasteiger partial charge on any atom is 0.115 e. The highest BCUT2D eigenvalue weighted by Gasteiger charge is 2.20. The van der Waals surface area contributed by atoms with Crippen LogP contribution in [0.4, 0.5) is 0 Å². The van der Waals surface area contributed by atoms with Crippen molar-refractivity contribution >= 4 is 0 Å². The molecule has 100 valence electrons. The minimum Gasteiger partial charge on any atom is -0.508 e. The van der Waals surface area contributed by atoms with Crippen LogP contribution in [-0.2, 0) is 11.3 Å². The average Bonchev–Trinajstić information content (AvgIpc) is 2.40. The molecule has 0 aliphatic heterocycles. The molecule has 0 bridgehead atoms. The Labute approximate surface area is 109 Å². The molecule has 1 saturated carbocycles. The fraction of sp³-hybridized carbons (Fsp3) is 0.600. The van der Waals surface area contributed by atoms with E-state index in [1.807, 2.05) is 12.1 Å². The Hall–Kier alpha value is -1.06. The molecule has 0 atom stereocenters. The van der Waals surface area contributed by atoms with Crippen molar-refractivity contribution in [2.75, 3.05) is 6.54 Å². The third-order valence-electron chi connectivity index (χ3n) is 3.59. The summed E-state index contributed by atoms with van der Waals surface area (Å²) in [6, 6.07) is 7.93. The monoisotopic (exact) mass is 249 g/mol. The van der Waals surface area contributed by atoms with Crippen LogP contribution in [-0.4, -0.2) is 23.8 Å². The van der Waals surface area contributed by atoms with Gasteiger partial charge < -0.3 is 15.2 Å². The molecule has 1 aromatic carbocycles. The van der Waals surface area contributed by atoms with Crippen LogP contribution in [0.25, 0.3) is 0 Å². The van der Waals surface area contributed by atoms with E-state index in [4.69, 9.17) is 4.74 Å². The molecule has 1 aromatic rings. The Kier molecular flexibility index (Phi) is 5.02. The van der Waals surface area contributed by atoms with Gasteiger partial charge in [-0.25, -0.2) is 0 Å². The molecule has 0 saturated heterocycles. The zero-order valence-electron chi connectivity index (χ0n) is 11.1. The Morgan fingerprint density at radius 3 is 2.44 bits per heavy atom. The second-order valence-corrected chi connectivity index (χ2v) is 5.01.